The van der Waals surface area contributed by atoms with Gasteiger partial charge in [-0.2, -0.15) is 0 Å². The average molecular weight is 312 g/mol. The monoisotopic (exact) mass is 312 g/mol. The molecule has 2 heterocycles. The molecule has 0 saturated carbocycles. The summed E-state index contributed by atoms with van der Waals surface area (Å²) in [5.74, 6) is 2.66. The molecule has 7 heteroatoms. The minimum absolute atomic E-state index is 0.0684. The van der Waals surface area contributed by atoms with Gasteiger partial charge >= 0.3 is 0 Å². The van der Waals surface area contributed by atoms with E-state index in [0.717, 1.165) is 23.0 Å². The van der Waals surface area contributed by atoms with E-state index in [-0.39, 0.29) is 23.0 Å². The molecular formula is C14H24N4O2S. The van der Waals surface area contributed by atoms with E-state index in [1.54, 1.807) is 0 Å². The third-order valence-electron chi connectivity index (χ3n) is 3.63. The van der Waals surface area contributed by atoms with Crippen molar-refractivity contribution in [3.8, 4) is 0 Å². The Balaban J connectivity index is 2.34. The van der Waals surface area contributed by atoms with Gasteiger partial charge in [0, 0.05) is 24.1 Å². The van der Waals surface area contributed by atoms with Crippen LogP contribution in [-0.2, 0) is 15.3 Å². The smallest absolute Gasteiger partial charge is 0.152 e. The van der Waals surface area contributed by atoms with Gasteiger partial charge in [0.25, 0.3) is 0 Å². The Kier molecular flexibility index (Phi) is 4.15. The lowest BCUT2D eigenvalue weighted by Crippen LogP contribution is -2.25. The van der Waals surface area contributed by atoms with Crippen molar-refractivity contribution in [2.24, 2.45) is 0 Å². The van der Waals surface area contributed by atoms with Crippen molar-refractivity contribution < 1.29 is 8.42 Å². The lowest BCUT2D eigenvalue weighted by atomic mass is 9.95. The summed E-state index contributed by atoms with van der Waals surface area (Å²) in [7, 11) is -1.08. The number of nitrogens with zero attached hydrogens (tertiary/aromatic N) is 2. The van der Waals surface area contributed by atoms with Crippen molar-refractivity contribution in [1.82, 2.24) is 9.97 Å². The van der Waals surface area contributed by atoms with Gasteiger partial charge in [-0.05, 0) is 13.3 Å². The number of hydrogen-bond acceptors (Lipinski definition) is 6. The number of anilines is 2. The van der Waals surface area contributed by atoms with E-state index in [1.165, 1.54) is 0 Å². The Labute approximate surface area is 126 Å². The highest BCUT2D eigenvalue weighted by Gasteiger charge is 2.29. The molecule has 2 N–H and O–H groups in total. The second-order valence-corrected chi connectivity index (χ2v) is 8.84. The zero-order valence-electron chi connectivity index (χ0n) is 13.3. The van der Waals surface area contributed by atoms with Crippen molar-refractivity contribution >= 4 is 21.5 Å². The van der Waals surface area contributed by atoms with Gasteiger partial charge in [0.15, 0.2) is 9.84 Å². The van der Waals surface area contributed by atoms with Crippen LogP contribution < -0.4 is 10.6 Å². The van der Waals surface area contributed by atoms with E-state index in [4.69, 9.17) is 0 Å². The van der Waals surface area contributed by atoms with Gasteiger partial charge in [-0.15, -0.1) is 0 Å². The molecule has 1 unspecified atom stereocenters. The topological polar surface area (TPSA) is 84.0 Å². The van der Waals surface area contributed by atoms with Gasteiger partial charge in [-0.3, -0.25) is 0 Å². The molecule has 0 bridgehead atoms. The number of nitrogens with one attached hydrogen (secondary N) is 2. The lowest BCUT2D eigenvalue weighted by molar-refractivity contribution is 0.545. The van der Waals surface area contributed by atoms with Gasteiger partial charge in [0.1, 0.15) is 17.5 Å². The molecule has 1 aromatic rings. The van der Waals surface area contributed by atoms with E-state index in [9.17, 15) is 8.42 Å². The summed E-state index contributed by atoms with van der Waals surface area (Å²) >= 11 is 0. The Bertz CT molecular complexity index is 635. The number of sulfone groups is 1. The molecule has 0 radical (unpaired) electrons. The van der Waals surface area contributed by atoms with E-state index in [2.05, 4.69) is 41.4 Å². The Hall–Kier alpha value is -1.37. The normalized spacial score (nSPS) is 21.3. The minimum Gasteiger partial charge on any atom is -0.373 e. The molecule has 1 saturated heterocycles. The molecule has 118 valence electrons. The van der Waals surface area contributed by atoms with Gasteiger partial charge in [-0.1, -0.05) is 20.8 Å². The van der Waals surface area contributed by atoms with Crippen molar-refractivity contribution in [2.45, 2.75) is 45.6 Å². The van der Waals surface area contributed by atoms with Gasteiger partial charge < -0.3 is 10.6 Å². The first-order valence-corrected chi connectivity index (χ1v) is 8.98. The third-order valence-corrected chi connectivity index (χ3v) is 5.39. The SMILES string of the molecule is CNc1nc(C(C)(C)C)nc(NC2CCS(=O)(=O)C2)c1C. The van der Waals surface area contributed by atoms with E-state index >= 15 is 0 Å². The van der Waals surface area contributed by atoms with Crippen LogP contribution in [0.1, 0.15) is 38.6 Å². The predicted octanol–water partition coefficient (Wildman–Crippen LogP) is 1.72. The maximum atomic E-state index is 11.6. The summed E-state index contributed by atoms with van der Waals surface area (Å²) in [4.78, 5) is 9.15. The highest BCUT2D eigenvalue weighted by molar-refractivity contribution is 7.91. The van der Waals surface area contributed by atoms with Crippen molar-refractivity contribution in [2.75, 3.05) is 29.2 Å². The summed E-state index contributed by atoms with van der Waals surface area (Å²) in [5.41, 5.74) is 0.743. The molecule has 1 fully saturated rings. The van der Waals surface area contributed by atoms with E-state index in [0.29, 0.717) is 6.42 Å². The maximum absolute atomic E-state index is 11.6. The molecule has 0 aromatic carbocycles. The van der Waals surface area contributed by atoms with Crippen LogP contribution in [0.25, 0.3) is 0 Å². The molecule has 2 rings (SSSR count). The Morgan fingerprint density at radius 3 is 2.29 bits per heavy atom. The van der Waals surface area contributed by atoms with Gasteiger partial charge in [0.2, 0.25) is 0 Å². The summed E-state index contributed by atoms with van der Waals surface area (Å²) in [5, 5.41) is 6.36. The van der Waals surface area contributed by atoms with Crippen LogP contribution in [0, 0.1) is 6.92 Å². The summed E-state index contributed by atoms with van der Waals surface area (Å²) < 4.78 is 23.2. The van der Waals surface area contributed by atoms with Gasteiger partial charge in [-0.25, -0.2) is 18.4 Å². The largest absolute Gasteiger partial charge is 0.373 e. The molecule has 1 aromatic heterocycles. The minimum atomic E-state index is -2.90. The summed E-state index contributed by atoms with van der Waals surface area (Å²) in [6.45, 7) is 8.10. The first kappa shape index (κ1) is 16.0. The van der Waals surface area contributed by atoms with Crippen molar-refractivity contribution in [1.29, 1.82) is 0 Å². The summed E-state index contributed by atoms with van der Waals surface area (Å²) in [6.07, 6.45) is 0.630. The van der Waals surface area contributed by atoms with Crippen molar-refractivity contribution in [3.05, 3.63) is 11.4 Å². The zero-order chi connectivity index (χ0) is 15.8. The zero-order valence-corrected chi connectivity index (χ0v) is 14.1. The van der Waals surface area contributed by atoms with E-state index in [1.807, 2.05) is 14.0 Å². The van der Waals surface area contributed by atoms with Crippen LogP contribution in [0.4, 0.5) is 11.6 Å². The third kappa shape index (κ3) is 3.64. The first-order chi connectivity index (χ1) is 9.62. The molecule has 1 atom stereocenters. The molecule has 0 amide bonds. The van der Waals surface area contributed by atoms with Crippen LogP contribution in [0.5, 0.6) is 0 Å². The maximum Gasteiger partial charge on any atom is 0.152 e. The molecule has 1 aliphatic rings. The van der Waals surface area contributed by atoms with Crippen LogP contribution in [0.2, 0.25) is 0 Å². The second-order valence-electron chi connectivity index (χ2n) is 6.61. The Morgan fingerprint density at radius 1 is 1.19 bits per heavy atom. The molecule has 0 spiro atoms. The highest BCUT2D eigenvalue weighted by atomic mass is 32.2. The van der Waals surface area contributed by atoms with Gasteiger partial charge in [0.05, 0.1) is 11.5 Å². The number of hydrogen-bond donors (Lipinski definition) is 2. The first-order valence-electron chi connectivity index (χ1n) is 7.16. The number of aromatic nitrogens is 2. The lowest BCUT2D eigenvalue weighted by Gasteiger charge is -2.22. The quantitative estimate of drug-likeness (QED) is 0.884. The average Bonchev–Trinajstić information content (AvgIpc) is 2.70. The fourth-order valence-corrected chi connectivity index (χ4v) is 4.01. The van der Waals surface area contributed by atoms with Crippen LogP contribution >= 0.6 is 0 Å². The molecule has 21 heavy (non-hydrogen) atoms. The molecule has 6 nitrogen and oxygen atoms in total. The second kappa shape index (κ2) is 5.44. The molecule has 1 aliphatic heterocycles. The standard InChI is InChI=1S/C14H24N4O2S/c1-9-11(15-5)17-13(14(2,3)4)18-12(9)16-10-6-7-21(19,20)8-10/h10H,6-8H2,1-5H3,(H2,15,16,17,18). The van der Waals surface area contributed by atoms with Crippen molar-refractivity contribution in [3.63, 3.8) is 0 Å². The fraction of sp³-hybridized carbons (Fsp3) is 0.714. The van der Waals surface area contributed by atoms with Crippen LogP contribution in [0.15, 0.2) is 0 Å². The molecule has 0 aliphatic carbocycles. The van der Waals surface area contributed by atoms with E-state index < -0.39 is 9.84 Å². The molecular weight excluding hydrogens is 288 g/mol. The fourth-order valence-electron chi connectivity index (χ4n) is 2.34. The van der Waals surface area contributed by atoms with Crippen LogP contribution in [-0.4, -0.2) is 43.0 Å². The Morgan fingerprint density at radius 2 is 1.81 bits per heavy atom. The predicted molar refractivity (Wildman–Crippen MR) is 85.7 cm³/mol. The van der Waals surface area contributed by atoms with Crippen LogP contribution in [0.3, 0.4) is 0 Å². The summed E-state index contributed by atoms with van der Waals surface area (Å²) in [6, 6.07) is -0.0684. The highest BCUT2D eigenvalue weighted by Crippen LogP contribution is 2.27. The number of rotatable bonds is 3.